The summed E-state index contributed by atoms with van der Waals surface area (Å²) in [5.41, 5.74) is 2.16. The van der Waals surface area contributed by atoms with Crippen molar-refractivity contribution in [3.63, 3.8) is 0 Å². The predicted molar refractivity (Wildman–Crippen MR) is 66.6 cm³/mol. The molecule has 1 aromatic carbocycles. The molecule has 86 valence electrons. The zero-order valence-corrected chi connectivity index (χ0v) is 10.6. The first kappa shape index (κ1) is 11.5. The molecule has 0 spiro atoms. The fraction of sp³-hybridized carbons (Fsp3) is 0.417. The standard InChI is InChI=1S/C12H14BrNO2/c1-7-2-3-8(13)6-11(7)14-10-5-4-9(10)12(15)16/h2-3,6,9-10,14H,4-5H2,1H3,(H,15,16). The second kappa shape index (κ2) is 4.45. The summed E-state index contributed by atoms with van der Waals surface area (Å²) in [5.74, 6) is -0.935. The molecule has 2 atom stereocenters. The van der Waals surface area contributed by atoms with Gasteiger partial charge in [0.1, 0.15) is 0 Å². The zero-order chi connectivity index (χ0) is 11.7. The van der Waals surface area contributed by atoms with E-state index in [1.54, 1.807) is 0 Å². The molecule has 0 aromatic heterocycles. The van der Waals surface area contributed by atoms with E-state index < -0.39 is 5.97 Å². The largest absolute Gasteiger partial charge is 0.481 e. The summed E-state index contributed by atoms with van der Waals surface area (Å²) in [6, 6.07) is 6.06. The number of aliphatic carboxylic acids is 1. The van der Waals surface area contributed by atoms with Crippen LogP contribution in [0.1, 0.15) is 18.4 Å². The molecule has 3 nitrogen and oxygen atoms in total. The number of carbonyl (C=O) groups is 1. The highest BCUT2D eigenvalue weighted by Gasteiger charge is 2.36. The first-order chi connectivity index (χ1) is 7.58. The maximum atomic E-state index is 10.9. The molecule has 16 heavy (non-hydrogen) atoms. The maximum Gasteiger partial charge on any atom is 0.308 e. The van der Waals surface area contributed by atoms with Crippen LogP contribution in [0.4, 0.5) is 5.69 Å². The molecule has 0 aliphatic heterocycles. The number of hydrogen-bond acceptors (Lipinski definition) is 2. The molecular formula is C12H14BrNO2. The Kier molecular flexibility index (Phi) is 3.19. The fourth-order valence-corrected chi connectivity index (χ4v) is 2.28. The van der Waals surface area contributed by atoms with Gasteiger partial charge in [0.05, 0.1) is 5.92 Å². The van der Waals surface area contributed by atoms with E-state index in [9.17, 15) is 4.79 Å². The Morgan fingerprint density at radius 2 is 2.25 bits per heavy atom. The van der Waals surface area contributed by atoms with E-state index in [1.807, 2.05) is 25.1 Å². The van der Waals surface area contributed by atoms with Gasteiger partial charge in [-0.1, -0.05) is 22.0 Å². The highest BCUT2D eigenvalue weighted by molar-refractivity contribution is 9.10. The van der Waals surface area contributed by atoms with Crippen molar-refractivity contribution >= 4 is 27.6 Å². The fourth-order valence-electron chi connectivity index (χ4n) is 1.92. The van der Waals surface area contributed by atoms with Crippen LogP contribution < -0.4 is 5.32 Å². The summed E-state index contributed by atoms with van der Waals surface area (Å²) in [6.45, 7) is 2.02. The molecule has 1 aromatic rings. The highest BCUT2D eigenvalue weighted by atomic mass is 79.9. The van der Waals surface area contributed by atoms with Crippen LogP contribution in [-0.4, -0.2) is 17.1 Å². The van der Waals surface area contributed by atoms with E-state index in [0.29, 0.717) is 0 Å². The van der Waals surface area contributed by atoms with Crippen LogP contribution in [0.5, 0.6) is 0 Å². The molecular weight excluding hydrogens is 270 g/mol. The number of benzene rings is 1. The van der Waals surface area contributed by atoms with E-state index in [1.165, 1.54) is 0 Å². The SMILES string of the molecule is Cc1ccc(Br)cc1NC1CCC1C(=O)O. The lowest BCUT2D eigenvalue weighted by Crippen LogP contribution is -2.43. The third-order valence-corrected chi connectivity index (χ3v) is 3.63. The van der Waals surface area contributed by atoms with Crippen molar-refractivity contribution in [3.8, 4) is 0 Å². The molecule has 0 bridgehead atoms. The minimum Gasteiger partial charge on any atom is -0.481 e. The lowest BCUT2D eigenvalue weighted by atomic mass is 9.79. The third-order valence-electron chi connectivity index (χ3n) is 3.13. The van der Waals surface area contributed by atoms with Crippen LogP contribution in [-0.2, 0) is 4.79 Å². The van der Waals surface area contributed by atoms with Gasteiger partial charge >= 0.3 is 5.97 Å². The molecule has 4 heteroatoms. The van der Waals surface area contributed by atoms with Crippen molar-refractivity contribution in [2.75, 3.05) is 5.32 Å². The lowest BCUT2D eigenvalue weighted by Gasteiger charge is -2.35. The summed E-state index contributed by atoms with van der Waals surface area (Å²) in [7, 11) is 0. The lowest BCUT2D eigenvalue weighted by molar-refractivity contribution is -0.144. The molecule has 1 fully saturated rings. The van der Waals surface area contributed by atoms with Gasteiger partial charge in [-0.2, -0.15) is 0 Å². The zero-order valence-electron chi connectivity index (χ0n) is 9.03. The van der Waals surface area contributed by atoms with Crippen LogP contribution in [0.2, 0.25) is 0 Å². The van der Waals surface area contributed by atoms with Gasteiger partial charge in [0.25, 0.3) is 0 Å². The van der Waals surface area contributed by atoms with Gasteiger partial charge in [0.2, 0.25) is 0 Å². The molecule has 0 radical (unpaired) electrons. The number of aryl methyl sites for hydroxylation is 1. The van der Waals surface area contributed by atoms with Crippen molar-refractivity contribution in [2.45, 2.75) is 25.8 Å². The smallest absolute Gasteiger partial charge is 0.308 e. The molecule has 2 rings (SSSR count). The van der Waals surface area contributed by atoms with E-state index >= 15 is 0 Å². The van der Waals surface area contributed by atoms with Crippen LogP contribution in [0, 0.1) is 12.8 Å². The van der Waals surface area contributed by atoms with E-state index in [4.69, 9.17) is 5.11 Å². The Hall–Kier alpha value is -1.03. The van der Waals surface area contributed by atoms with Crippen LogP contribution in [0.25, 0.3) is 0 Å². The van der Waals surface area contributed by atoms with Crippen molar-refractivity contribution < 1.29 is 9.90 Å². The summed E-state index contributed by atoms with van der Waals surface area (Å²) in [4.78, 5) is 10.9. The van der Waals surface area contributed by atoms with Crippen molar-refractivity contribution in [3.05, 3.63) is 28.2 Å². The quantitative estimate of drug-likeness (QED) is 0.897. The van der Waals surface area contributed by atoms with Crippen molar-refractivity contribution in [1.29, 1.82) is 0 Å². The van der Waals surface area contributed by atoms with Gasteiger partial charge in [0.15, 0.2) is 0 Å². The van der Waals surface area contributed by atoms with Crippen molar-refractivity contribution in [2.24, 2.45) is 5.92 Å². The molecule has 2 unspecified atom stereocenters. The topological polar surface area (TPSA) is 49.3 Å². The normalized spacial score (nSPS) is 23.6. The van der Waals surface area contributed by atoms with Crippen LogP contribution in [0.15, 0.2) is 22.7 Å². The first-order valence-electron chi connectivity index (χ1n) is 5.33. The predicted octanol–water partition coefficient (Wildman–Crippen LogP) is 3.03. The molecule has 2 N–H and O–H groups in total. The number of halogens is 1. The maximum absolute atomic E-state index is 10.9. The Bertz CT molecular complexity index is 419. The van der Waals surface area contributed by atoms with E-state index in [2.05, 4.69) is 21.2 Å². The van der Waals surface area contributed by atoms with Gasteiger partial charge < -0.3 is 10.4 Å². The van der Waals surface area contributed by atoms with Gasteiger partial charge in [-0.05, 0) is 37.5 Å². The van der Waals surface area contributed by atoms with Gasteiger partial charge in [-0.15, -0.1) is 0 Å². The van der Waals surface area contributed by atoms with Gasteiger partial charge in [-0.3, -0.25) is 4.79 Å². The van der Waals surface area contributed by atoms with Gasteiger partial charge in [-0.25, -0.2) is 0 Å². The average molecular weight is 284 g/mol. The molecule has 0 saturated heterocycles. The monoisotopic (exact) mass is 283 g/mol. The number of carboxylic acid groups (broad SMARTS) is 1. The Labute approximate surface area is 103 Å². The van der Waals surface area contributed by atoms with Crippen LogP contribution in [0.3, 0.4) is 0 Å². The Morgan fingerprint density at radius 3 is 2.81 bits per heavy atom. The summed E-state index contributed by atoms with van der Waals surface area (Å²) in [5, 5.41) is 12.3. The Morgan fingerprint density at radius 1 is 1.50 bits per heavy atom. The molecule has 1 aliphatic rings. The van der Waals surface area contributed by atoms with Crippen LogP contribution >= 0.6 is 15.9 Å². The summed E-state index contributed by atoms with van der Waals surface area (Å²) >= 11 is 3.41. The average Bonchev–Trinajstić information content (AvgIpc) is 2.16. The second-order valence-corrected chi connectivity index (χ2v) is 5.15. The number of carboxylic acids is 1. The molecule has 0 amide bonds. The highest BCUT2D eigenvalue weighted by Crippen LogP contribution is 2.32. The molecule has 0 heterocycles. The number of nitrogens with one attached hydrogen (secondary N) is 1. The minimum absolute atomic E-state index is 0.0745. The number of hydrogen-bond donors (Lipinski definition) is 2. The number of anilines is 1. The summed E-state index contributed by atoms with van der Waals surface area (Å²) in [6.07, 6.45) is 1.71. The first-order valence-corrected chi connectivity index (χ1v) is 6.12. The van der Waals surface area contributed by atoms with Crippen molar-refractivity contribution in [1.82, 2.24) is 0 Å². The second-order valence-electron chi connectivity index (χ2n) is 4.23. The minimum atomic E-state index is -0.698. The Balaban J connectivity index is 2.09. The number of rotatable bonds is 3. The van der Waals surface area contributed by atoms with E-state index in [-0.39, 0.29) is 12.0 Å². The van der Waals surface area contributed by atoms with E-state index in [0.717, 1.165) is 28.6 Å². The summed E-state index contributed by atoms with van der Waals surface area (Å²) < 4.78 is 1.01. The molecule has 1 aliphatic carbocycles. The molecule has 1 saturated carbocycles. The van der Waals surface area contributed by atoms with Gasteiger partial charge in [0, 0.05) is 16.2 Å². The third kappa shape index (κ3) is 2.21.